The maximum absolute atomic E-state index is 10.9. The molecule has 14 heavy (non-hydrogen) atoms. The van der Waals surface area contributed by atoms with Crippen LogP contribution in [0.25, 0.3) is 0 Å². The number of carbonyl (C=O) groups is 1. The number of amides is 1. The highest BCUT2D eigenvalue weighted by Crippen LogP contribution is 2.06. The van der Waals surface area contributed by atoms with Gasteiger partial charge >= 0.3 is 0 Å². The number of amidine groups is 1. The third-order valence-corrected chi connectivity index (χ3v) is 1.98. The van der Waals surface area contributed by atoms with Gasteiger partial charge in [0.05, 0.1) is 0 Å². The monoisotopic (exact) mass is 189 g/mol. The van der Waals surface area contributed by atoms with Crippen LogP contribution in [0.4, 0.5) is 0 Å². The van der Waals surface area contributed by atoms with E-state index in [1.807, 2.05) is 26.0 Å². The number of hydrogen-bond acceptors (Lipinski definition) is 3. The summed E-state index contributed by atoms with van der Waals surface area (Å²) in [6.07, 6.45) is 0. The van der Waals surface area contributed by atoms with E-state index in [4.69, 9.17) is 0 Å². The Kier molecular flexibility index (Phi) is 2.04. The van der Waals surface area contributed by atoms with E-state index in [1.165, 1.54) is 0 Å². The summed E-state index contributed by atoms with van der Waals surface area (Å²) in [5, 5.41) is 2.67. The molecular weight excluding hydrogens is 178 g/mol. The van der Waals surface area contributed by atoms with E-state index in [2.05, 4.69) is 15.3 Å². The third-order valence-electron chi connectivity index (χ3n) is 1.98. The standard InChI is InChI=1S/C10H11N3O/c1-6-3-7(2)12-8(4-6)10-11-5-9(14)13-10/h3-4H,5H2,1-2H3,(H,11,13,14). The lowest BCUT2D eigenvalue weighted by molar-refractivity contribution is -0.117. The number of carbonyl (C=O) groups excluding carboxylic acids is 1. The first kappa shape index (κ1) is 8.87. The minimum Gasteiger partial charge on any atom is -0.308 e. The summed E-state index contributed by atoms with van der Waals surface area (Å²) in [6, 6.07) is 3.90. The van der Waals surface area contributed by atoms with Gasteiger partial charge in [0, 0.05) is 5.69 Å². The van der Waals surface area contributed by atoms with Gasteiger partial charge in [0.2, 0.25) is 5.91 Å². The predicted octanol–water partition coefficient (Wildman–Crippen LogP) is 0.575. The molecule has 0 bridgehead atoms. The first-order valence-corrected chi connectivity index (χ1v) is 4.45. The normalized spacial score (nSPS) is 15.3. The Morgan fingerprint density at radius 2 is 2.14 bits per heavy atom. The van der Waals surface area contributed by atoms with Crippen LogP contribution in [0.5, 0.6) is 0 Å². The fourth-order valence-corrected chi connectivity index (χ4v) is 1.47. The molecule has 1 aromatic heterocycles. The molecule has 1 aliphatic heterocycles. The molecule has 0 fully saturated rings. The average Bonchev–Trinajstić information content (AvgIpc) is 2.50. The first-order chi connectivity index (χ1) is 6.65. The number of hydrogen-bond donors (Lipinski definition) is 1. The Morgan fingerprint density at radius 3 is 2.71 bits per heavy atom. The maximum atomic E-state index is 10.9. The molecule has 0 saturated carbocycles. The van der Waals surface area contributed by atoms with Crippen molar-refractivity contribution in [2.45, 2.75) is 13.8 Å². The van der Waals surface area contributed by atoms with E-state index >= 15 is 0 Å². The van der Waals surface area contributed by atoms with E-state index in [1.54, 1.807) is 0 Å². The highest BCUT2D eigenvalue weighted by molar-refractivity contribution is 6.11. The Bertz CT molecular complexity index is 403. The van der Waals surface area contributed by atoms with Crippen LogP contribution in [-0.4, -0.2) is 23.3 Å². The van der Waals surface area contributed by atoms with Crippen molar-refractivity contribution < 1.29 is 4.79 Å². The van der Waals surface area contributed by atoms with Crippen LogP contribution in [-0.2, 0) is 4.79 Å². The topological polar surface area (TPSA) is 54.4 Å². The minimum absolute atomic E-state index is 0.0686. The molecule has 1 N–H and O–H groups in total. The second-order valence-corrected chi connectivity index (χ2v) is 3.38. The van der Waals surface area contributed by atoms with Crippen LogP contribution < -0.4 is 5.32 Å². The molecule has 0 radical (unpaired) electrons. The molecule has 2 rings (SSSR count). The molecule has 4 nitrogen and oxygen atoms in total. The minimum atomic E-state index is -0.0686. The lowest BCUT2D eigenvalue weighted by atomic mass is 10.2. The summed E-state index contributed by atoms with van der Waals surface area (Å²) in [6.45, 7) is 4.13. The van der Waals surface area contributed by atoms with Crippen molar-refractivity contribution in [3.05, 3.63) is 29.1 Å². The largest absolute Gasteiger partial charge is 0.308 e. The number of aryl methyl sites for hydroxylation is 2. The Labute approximate surface area is 82.1 Å². The van der Waals surface area contributed by atoms with Gasteiger partial charge in [-0.3, -0.25) is 9.79 Å². The van der Waals surface area contributed by atoms with E-state index in [9.17, 15) is 4.79 Å². The quantitative estimate of drug-likeness (QED) is 0.702. The van der Waals surface area contributed by atoms with Crippen LogP contribution in [0.2, 0.25) is 0 Å². The lowest BCUT2D eigenvalue weighted by Crippen LogP contribution is -2.26. The molecule has 0 spiro atoms. The smallest absolute Gasteiger partial charge is 0.247 e. The zero-order valence-electron chi connectivity index (χ0n) is 8.16. The number of pyridine rings is 1. The van der Waals surface area contributed by atoms with Crippen molar-refractivity contribution in [1.29, 1.82) is 0 Å². The van der Waals surface area contributed by atoms with E-state index in [0.717, 1.165) is 17.0 Å². The van der Waals surface area contributed by atoms with Crippen molar-refractivity contribution in [1.82, 2.24) is 10.3 Å². The van der Waals surface area contributed by atoms with E-state index < -0.39 is 0 Å². The van der Waals surface area contributed by atoms with Crippen LogP contribution in [0.15, 0.2) is 17.1 Å². The molecule has 0 unspecified atom stereocenters. The van der Waals surface area contributed by atoms with Gasteiger partial charge in [-0.2, -0.15) is 0 Å². The van der Waals surface area contributed by atoms with Crippen molar-refractivity contribution in [3.63, 3.8) is 0 Å². The van der Waals surface area contributed by atoms with Gasteiger partial charge < -0.3 is 5.32 Å². The molecule has 0 aliphatic carbocycles. The van der Waals surface area contributed by atoms with Crippen LogP contribution >= 0.6 is 0 Å². The van der Waals surface area contributed by atoms with Crippen molar-refractivity contribution >= 4 is 11.7 Å². The number of nitrogens with one attached hydrogen (secondary N) is 1. The van der Waals surface area contributed by atoms with Crippen LogP contribution in [0, 0.1) is 13.8 Å². The predicted molar refractivity (Wildman–Crippen MR) is 53.3 cm³/mol. The molecule has 0 aromatic carbocycles. The molecule has 4 heteroatoms. The highest BCUT2D eigenvalue weighted by Gasteiger charge is 2.16. The Hall–Kier alpha value is -1.71. The Morgan fingerprint density at radius 1 is 1.36 bits per heavy atom. The molecule has 1 aliphatic rings. The lowest BCUT2D eigenvalue weighted by Gasteiger charge is -2.03. The summed E-state index contributed by atoms with van der Waals surface area (Å²) in [5.41, 5.74) is 2.80. The van der Waals surface area contributed by atoms with E-state index in [-0.39, 0.29) is 12.5 Å². The number of nitrogens with zero attached hydrogens (tertiary/aromatic N) is 2. The number of rotatable bonds is 1. The fourth-order valence-electron chi connectivity index (χ4n) is 1.47. The summed E-state index contributed by atoms with van der Waals surface area (Å²) in [7, 11) is 0. The average molecular weight is 189 g/mol. The summed E-state index contributed by atoms with van der Waals surface area (Å²) in [5.74, 6) is 0.516. The van der Waals surface area contributed by atoms with Gasteiger partial charge in [0.1, 0.15) is 12.2 Å². The van der Waals surface area contributed by atoms with Gasteiger partial charge in [-0.15, -0.1) is 0 Å². The second kappa shape index (κ2) is 3.21. The molecule has 0 atom stereocenters. The molecule has 0 saturated heterocycles. The highest BCUT2D eigenvalue weighted by atomic mass is 16.2. The summed E-state index contributed by atoms with van der Waals surface area (Å²) < 4.78 is 0. The van der Waals surface area contributed by atoms with Gasteiger partial charge in [-0.25, -0.2) is 4.98 Å². The van der Waals surface area contributed by atoms with Gasteiger partial charge in [0.25, 0.3) is 0 Å². The fraction of sp³-hybridized carbons (Fsp3) is 0.300. The van der Waals surface area contributed by atoms with Crippen molar-refractivity contribution in [2.75, 3.05) is 6.54 Å². The molecule has 2 heterocycles. The van der Waals surface area contributed by atoms with Crippen LogP contribution in [0.1, 0.15) is 17.0 Å². The van der Waals surface area contributed by atoms with Gasteiger partial charge in [0.15, 0.2) is 5.84 Å². The molecule has 72 valence electrons. The zero-order valence-corrected chi connectivity index (χ0v) is 8.16. The Balaban J connectivity index is 2.37. The SMILES string of the molecule is Cc1cc(C)nc(C2=NCC(=O)N2)c1. The van der Waals surface area contributed by atoms with Gasteiger partial charge in [-0.05, 0) is 31.5 Å². The maximum Gasteiger partial charge on any atom is 0.247 e. The zero-order chi connectivity index (χ0) is 10.1. The number of aromatic nitrogens is 1. The molecule has 1 aromatic rings. The second-order valence-electron chi connectivity index (χ2n) is 3.38. The van der Waals surface area contributed by atoms with Crippen LogP contribution in [0.3, 0.4) is 0 Å². The summed E-state index contributed by atoms with van der Waals surface area (Å²) in [4.78, 5) is 19.3. The van der Waals surface area contributed by atoms with Crippen molar-refractivity contribution in [3.8, 4) is 0 Å². The molecule has 1 amide bonds. The first-order valence-electron chi connectivity index (χ1n) is 4.45. The summed E-state index contributed by atoms with van der Waals surface area (Å²) >= 11 is 0. The van der Waals surface area contributed by atoms with Gasteiger partial charge in [-0.1, -0.05) is 0 Å². The van der Waals surface area contributed by atoms with E-state index in [0.29, 0.717) is 5.84 Å². The van der Waals surface area contributed by atoms with Crippen molar-refractivity contribution in [2.24, 2.45) is 4.99 Å². The number of aliphatic imine (C=N–C) groups is 1. The molecular formula is C10H11N3O. The third kappa shape index (κ3) is 1.64.